The second kappa shape index (κ2) is 8.99. The lowest BCUT2D eigenvalue weighted by atomic mass is 10.1. The van der Waals surface area contributed by atoms with Crippen LogP contribution in [0.5, 0.6) is 5.75 Å². The maximum atomic E-state index is 13.2. The fraction of sp³-hybridized carbons (Fsp3) is 0.0870. The highest BCUT2D eigenvalue weighted by Gasteiger charge is 2.32. The summed E-state index contributed by atoms with van der Waals surface area (Å²) in [6, 6.07) is 14.6. The average Bonchev–Trinajstić information content (AvgIpc) is 3.22. The van der Waals surface area contributed by atoms with Crippen LogP contribution in [-0.4, -0.2) is 24.2 Å². The summed E-state index contributed by atoms with van der Waals surface area (Å²) < 4.78 is 58.6. The number of hydrogen-bond donors (Lipinski definition) is 0. The molecule has 168 valence electrons. The summed E-state index contributed by atoms with van der Waals surface area (Å²) in [5.74, 6) is -0.655. The van der Waals surface area contributed by atoms with Crippen molar-refractivity contribution in [3.05, 3.63) is 89.2 Å². The van der Waals surface area contributed by atoms with Crippen LogP contribution in [0.15, 0.2) is 71.8 Å². The maximum absolute atomic E-state index is 13.2. The molecule has 0 spiro atoms. The number of fused-ring (bicyclic) bond motifs is 1. The van der Waals surface area contributed by atoms with Crippen molar-refractivity contribution in [1.29, 1.82) is 0 Å². The zero-order chi connectivity index (χ0) is 23.6. The number of aromatic nitrogens is 1. The van der Waals surface area contributed by atoms with Gasteiger partial charge in [0.25, 0.3) is 5.91 Å². The first kappa shape index (κ1) is 22.4. The van der Waals surface area contributed by atoms with E-state index in [9.17, 15) is 22.4 Å². The van der Waals surface area contributed by atoms with Crippen LogP contribution in [0, 0.1) is 5.82 Å². The lowest BCUT2D eigenvalue weighted by molar-refractivity contribution is -0.137. The molecule has 0 bridgehead atoms. The quantitative estimate of drug-likeness (QED) is 0.199. The lowest BCUT2D eigenvalue weighted by Gasteiger charge is -2.15. The van der Waals surface area contributed by atoms with Crippen molar-refractivity contribution in [2.45, 2.75) is 6.18 Å². The smallest absolute Gasteiger partial charge is 0.416 e. The summed E-state index contributed by atoms with van der Waals surface area (Å²) in [5, 5.41) is 5.25. The van der Waals surface area contributed by atoms with Crippen LogP contribution in [0.1, 0.15) is 21.5 Å². The summed E-state index contributed by atoms with van der Waals surface area (Å²) >= 11 is 1.12. The largest absolute Gasteiger partial charge is 0.497 e. The molecule has 0 aliphatic carbocycles. The molecule has 1 heterocycles. The van der Waals surface area contributed by atoms with Crippen molar-refractivity contribution >= 4 is 38.8 Å². The van der Waals surface area contributed by atoms with Crippen LogP contribution in [0.25, 0.3) is 10.2 Å². The van der Waals surface area contributed by atoms with E-state index in [-0.39, 0.29) is 10.7 Å². The van der Waals surface area contributed by atoms with Gasteiger partial charge in [0.15, 0.2) is 0 Å². The van der Waals surface area contributed by atoms with E-state index in [0.717, 1.165) is 34.5 Å². The summed E-state index contributed by atoms with van der Waals surface area (Å²) in [6.45, 7) is 0. The third kappa shape index (κ3) is 5.01. The van der Waals surface area contributed by atoms with E-state index in [0.29, 0.717) is 21.5 Å². The molecule has 0 saturated heterocycles. The van der Waals surface area contributed by atoms with Gasteiger partial charge in [-0.1, -0.05) is 29.5 Å². The zero-order valence-corrected chi connectivity index (χ0v) is 17.8. The predicted octanol–water partition coefficient (Wildman–Crippen LogP) is 6.14. The van der Waals surface area contributed by atoms with Crippen molar-refractivity contribution < 1.29 is 27.1 Å². The minimum Gasteiger partial charge on any atom is -0.497 e. The van der Waals surface area contributed by atoms with Gasteiger partial charge in [-0.3, -0.25) is 4.79 Å². The van der Waals surface area contributed by atoms with Gasteiger partial charge in [0.05, 0.1) is 29.1 Å². The molecular weight excluding hydrogens is 458 g/mol. The molecule has 10 heteroatoms. The molecule has 1 aromatic heterocycles. The third-order valence-electron chi connectivity index (χ3n) is 4.59. The van der Waals surface area contributed by atoms with Crippen LogP contribution < -0.4 is 9.75 Å². The second-order valence-corrected chi connectivity index (χ2v) is 7.83. The first-order valence-electron chi connectivity index (χ1n) is 9.50. The molecule has 5 nitrogen and oxygen atoms in total. The zero-order valence-electron chi connectivity index (χ0n) is 17.0. The van der Waals surface area contributed by atoms with Crippen molar-refractivity contribution in [2.75, 3.05) is 12.1 Å². The highest BCUT2D eigenvalue weighted by molar-refractivity contribution is 7.22. The van der Waals surface area contributed by atoms with Gasteiger partial charge in [0.2, 0.25) is 5.13 Å². The molecular formula is C23H15F4N3O2S. The van der Waals surface area contributed by atoms with Gasteiger partial charge in [-0.25, -0.2) is 9.37 Å². The van der Waals surface area contributed by atoms with Crippen LogP contribution in [-0.2, 0) is 6.18 Å². The molecule has 0 N–H and O–H groups in total. The number of thiazole rings is 1. The Kier molecular flexibility index (Phi) is 6.10. The van der Waals surface area contributed by atoms with E-state index in [2.05, 4.69) is 10.1 Å². The van der Waals surface area contributed by atoms with Crippen LogP contribution in [0.3, 0.4) is 0 Å². The Balaban J connectivity index is 1.77. The van der Waals surface area contributed by atoms with Crippen LogP contribution >= 0.6 is 11.3 Å². The molecule has 3 aromatic carbocycles. The van der Waals surface area contributed by atoms with Crippen molar-refractivity contribution in [2.24, 2.45) is 5.10 Å². The molecule has 1 amide bonds. The minimum absolute atomic E-state index is 0.152. The number of benzene rings is 3. The van der Waals surface area contributed by atoms with E-state index >= 15 is 0 Å². The number of amides is 1. The number of halogens is 4. The van der Waals surface area contributed by atoms with E-state index < -0.39 is 23.5 Å². The van der Waals surface area contributed by atoms with Gasteiger partial charge < -0.3 is 4.74 Å². The number of alkyl halides is 3. The first-order valence-corrected chi connectivity index (χ1v) is 10.3. The van der Waals surface area contributed by atoms with E-state index in [1.54, 1.807) is 18.2 Å². The number of hydrogen-bond acceptors (Lipinski definition) is 5. The molecule has 33 heavy (non-hydrogen) atoms. The summed E-state index contributed by atoms with van der Waals surface area (Å²) in [5.41, 5.74) is -0.113. The third-order valence-corrected chi connectivity index (χ3v) is 5.58. The van der Waals surface area contributed by atoms with Gasteiger partial charge in [0.1, 0.15) is 11.6 Å². The van der Waals surface area contributed by atoms with Gasteiger partial charge >= 0.3 is 6.18 Å². The van der Waals surface area contributed by atoms with Gasteiger partial charge in [-0.2, -0.15) is 23.3 Å². The molecule has 0 aliphatic heterocycles. The van der Waals surface area contributed by atoms with E-state index in [4.69, 9.17) is 4.74 Å². The monoisotopic (exact) mass is 473 g/mol. The SMILES string of the molecule is COc1ccc2nc(N(/N=C/c3ccc(F)cc3)C(=O)c3cccc(C(F)(F)F)c3)sc2c1. The number of hydrazone groups is 1. The van der Waals surface area contributed by atoms with Crippen molar-refractivity contribution in [3.63, 3.8) is 0 Å². The maximum Gasteiger partial charge on any atom is 0.416 e. The van der Waals surface area contributed by atoms with Gasteiger partial charge in [-0.05, 0) is 54.1 Å². The molecule has 0 fully saturated rings. The van der Waals surface area contributed by atoms with Crippen LogP contribution in [0.2, 0.25) is 0 Å². The Labute approximate surface area is 189 Å². The fourth-order valence-corrected chi connectivity index (χ4v) is 3.87. The molecule has 4 aromatic rings. The topological polar surface area (TPSA) is 54.8 Å². The lowest BCUT2D eigenvalue weighted by Crippen LogP contribution is -2.26. The summed E-state index contributed by atoms with van der Waals surface area (Å²) in [4.78, 5) is 17.6. The molecule has 0 saturated carbocycles. The number of carbonyl (C=O) groups is 1. The fourth-order valence-electron chi connectivity index (χ4n) is 2.92. The molecule has 0 atom stereocenters. The number of nitrogens with zero attached hydrogens (tertiary/aromatic N) is 3. The molecule has 4 rings (SSSR count). The standard InChI is InChI=1S/C23H15F4N3O2S/c1-32-18-9-10-19-20(12-18)33-22(29-19)30(28-13-14-5-7-17(24)8-6-14)21(31)15-3-2-4-16(11-15)23(25,26)27/h2-13H,1H3/b28-13+. The Hall–Kier alpha value is -3.79. The summed E-state index contributed by atoms with van der Waals surface area (Å²) in [6.07, 6.45) is -3.30. The number of carbonyl (C=O) groups excluding carboxylic acids is 1. The number of methoxy groups -OCH3 is 1. The van der Waals surface area contributed by atoms with E-state index in [1.807, 2.05) is 0 Å². The average molecular weight is 473 g/mol. The Morgan fingerprint density at radius 2 is 1.85 bits per heavy atom. The normalized spacial score (nSPS) is 11.8. The number of ether oxygens (including phenoxy) is 1. The number of anilines is 1. The van der Waals surface area contributed by atoms with Crippen LogP contribution in [0.4, 0.5) is 22.7 Å². The highest BCUT2D eigenvalue weighted by Crippen LogP contribution is 2.33. The Bertz CT molecular complexity index is 1330. The molecule has 0 aliphatic rings. The van der Waals surface area contributed by atoms with Crippen molar-refractivity contribution in [3.8, 4) is 5.75 Å². The minimum atomic E-state index is -4.61. The second-order valence-electron chi connectivity index (χ2n) is 6.82. The summed E-state index contributed by atoms with van der Waals surface area (Å²) in [7, 11) is 1.51. The van der Waals surface area contributed by atoms with Gasteiger partial charge in [0, 0.05) is 5.56 Å². The van der Waals surface area contributed by atoms with Crippen molar-refractivity contribution in [1.82, 2.24) is 4.98 Å². The predicted molar refractivity (Wildman–Crippen MR) is 118 cm³/mol. The molecule has 0 unspecified atom stereocenters. The van der Waals surface area contributed by atoms with Gasteiger partial charge in [-0.15, -0.1) is 0 Å². The Morgan fingerprint density at radius 1 is 1.09 bits per heavy atom. The highest BCUT2D eigenvalue weighted by atomic mass is 32.1. The Morgan fingerprint density at radius 3 is 2.55 bits per heavy atom. The first-order chi connectivity index (χ1) is 15.7. The van der Waals surface area contributed by atoms with E-state index in [1.165, 1.54) is 43.7 Å². The number of rotatable bonds is 5. The molecule has 0 radical (unpaired) electrons.